The number of hydrogen-bond donors (Lipinski definition) is 0. The molecule has 0 fully saturated rings. The van der Waals surface area contributed by atoms with Crippen LogP contribution in [-0.2, 0) is 13.0 Å². The third kappa shape index (κ3) is 1.61. The highest BCUT2D eigenvalue weighted by molar-refractivity contribution is 6.05. The van der Waals surface area contributed by atoms with Gasteiger partial charge in [0, 0.05) is 28.5 Å². The maximum atomic E-state index is 14.6. The van der Waals surface area contributed by atoms with E-state index in [0.717, 1.165) is 28.9 Å². The van der Waals surface area contributed by atoms with Crippen molar-refractivity contribution in [1.82, 2.24) is 4.57 Å². The van der Waals surface area contributed by atoms with Crippen LogP contribution >= 0.6 is 0 Å². The number of nitrogens with zero attached hydrogens (tertiary/aromatic N) is 1. The molecule has 2 aliphatic rings. The first-order valence-corrected chi connectivity index (χ1v) is 8.85. The number of fused-ring (bicyclic) bond motifs is 7. The van der Waals surface area contributed by atoms with E-state index in [1.54, 1.807) is 19.2 Å². The molecule has 0 bridgehead atoms. The second kappa shape index (κ2) is 4.76. The van der Waals surface area contributed by atoms with Crippen molar-refractivity contribution in [2.24, 2.45) is 0 Å². The van der Waals surface area contributed by atoms with Crippen LogP contribution in [0.5, 0.6) is 5.75 Å². The van der Waals surface area contributed by atoms with Gasteiger partial charge in [0.2, 0.25) is 0 Å². The van der Waals surface area contributed by atoms with Gasteiger partial charge in [-0.15, -0.1) is 0 Å². The number of halogens is 1. The molecule has 1 aliphatic carbocycles. The fourth-order valence-corrected chi connectivity index (χ4v) is 4.73. The Balaban J connectivity index is 1.80. The summed E-state index contributed by atoms with van der Waals surface area (Å²) in [5, 5.41) is 1.22. The Morgan fingerprint density at radius 1 is 0.923 bits per heavy atom. The van der Waals surface area contributed by atoms with Gasteiger partial charge in [-0.1, -0.05) is 36.4 Å². The Morgan fingerprint density at radius 2 is 1.77 bits per heavy atom. The second-order valence-electron chi connectivity index (χ2n) is 7.08. The van der Waals surface area contributed by atoms with Crippen LogP contribution in [0.3, 0.4) is 0 Å². The summed E-state index contributed by atoms with van der Waals surface area (Å²) in [5.41, 5.74) is 9.17. The molecule has 3 heteroatoms. The van der Waals surface area contributed by atoms with Gasteiger partial charge in [-0.2, -0.15) is 0 Å². The Hall–Kier alpha value is -3.07. The summed E-state index contributed by atoms with van der Waals surface area (Å²) in [4.78, 5) is 0. The summed E-state index contributed by atoms with van der Waals surface area (Å²) in [6.45, 7) is 0.571. The standard InChI is InChI=1S/C23H16FNO/c1-26-14-10-18-16-7-4-8-21(24)20(16)12-25-22-15-6-3-2-5-13(15)9-17(22)19(11-14)23(18)25/h2-8,10-11H,9,12H2,1H3. The summed E-state index contributed by atoms with van der Waals surface area (Å²) < 4.78 is 22.5. The van der Waals surface area contributed by atoms with E-state index in [1.165, 1.54) is 33.3 Å². The van der Waals surface area contributed by atoms with Gasteiger partial charge in [-0.25, -0.2) is 4.39 Å². The maximum absolute atomic E-state index is 14.6. The molecule has 0 radical (unpaired) electrons. The van der Waals surface area contributed by atoms with Crippen LogP contribution in [0.15, 0.2) is 54.6 Å². The van der Waals surface area contributed by atoms with Gasteiger partial charge in [0.05, 0.1) is 24.9 Å². The topological polar surface area (TPSA) is 14.2 Å². The fourth-order valence-electron chi connectivity index (χ4n) is 4.73. The molecule has 2 nitrogen and oxygen atoms in total. The van der Waals surface area contributed by atoms with E-state index in [-0.39, 0.29) is 5.82 Å². The molecule has 1 aromatic heterocycles. The molecule has 1 aliphatic heterocycles. The molecule has 0 unspecified atom stereocenters. The van der Waals surface area contributed by atoms with Crippen LogP contribution in [0.4, 0.5) is 4.39 Å². The SMILES string of the molecule is COc1cc2c3c(c1)c1c(n3Cc3c(F)cccc3-2)-c2ccccc2C1. The number of rotatable bonds is 1. The summed E-state index contributed by atoms with van der Waals surface area (Å²) in [5.74, 6) is 0.679. The lowest BCUT2D eigenvalue weighted by molar-refractivity contribution is 0.415. The first-order chi connectivity index (χ1) is 12.8. The van der Waals surface area contributed by atoms with E-state index in [9.17, 15) is 4.39 Å². The first kappa shape index (κ1) is 14.1. The Bertz CT molecular complexity index is 1230. The summed E-state index contributed by atoms with van der Waals surface area (Å²) in [6, 6.07) is 18.1. The molecule has 26 heavy (non-hydrogen) atoms. The lowest BCUT2D eigenvalue weighted by atomic mass is 9.93. The molecule has 0 saturated carbocycles. The lowest BCUT2D eigenvalue weighted by Crippen LogP contribution is -2.10. The van der Waals surface area contributed by atoms with Crippen LogP contribution < -0.4 is 4.74 Å². The lowest BCUT2D eigenvalue weighted by Gasteiger charge is -2.22. The molecule has 2 heterocycles. The van der Waals surface area contributed by atoms with Crippen LogP contribution in [0, 0.1) is 5.82 Å². The van der Waals surface area contributed by atoms with Crippen molar-refractivity contribution in [3.05, 3.63) is 77.1 Å². The van der Waals surface area contributed by atoms with Crippen LogP contribution in [0.25, 0.3) is 33.3 Å². The summed E-state index contributed by atoms with van der Waals surface area (Å²) in [6.07, 6.45) is 0.917. The molecule has 6 rings (SSSR count). The molecule has 0 amide bonds. The number of benzene rings is 3. The van der Waals surface area contributed by atoms with Crippen LogP contribution in [0.2, 0.25) is 0 Å². The maximum Gasteiger partial charge on any atom is 0.128 e. The third-order valence-corrected chi connectivity index (χ3v) is 5.83. The highest BCUT2D eigenvalue weighted by atomic mass is 19.1. The molecule has 0 spiro atoms. The zero-order valence-electron chi connectivity index (χ0n) is 14.3. The van der Waals surface area contributed by atoms with Crippen molar-refractivity contribution >= 4 is 10.9 Å². The smallest absolute Gasteiger partial charge is 0.128 e. The van der Waals surface area contributed by atoms with Crippen molar-refractivity contribution in [3.8, 4) is 28.1 Å². The van der Waals surface area contributed by atoms with Gasteiger partial charge in [-0.05, 0) is 34.9 Å². The van der Waals surface area contributed by atoms with Crippen molar-refractivity contribution in [2.45, 2.75) is 13.0 Å². The number of methoxy groups -OCH3 is 1. The van der Waals surface area contributed by atoms with Crippen molar-refractivity contribution in [3.63, 3.8) is 0 Å². The monoisotopic (exact) mass is 341 g/mol. The highest BCUT2D eigenvalue weighted by Gasteiger charge is 2.31. The van der Waals surface area contributed by atoms with E-state index in [1.807, 2.05) is 12.1 Å². The second-order valence-corrected chi connectivity index (χ2v) is 7.08. The molecular weight excluding hydrogens is 325 g/mol. The van der Waals surface area contributed by atoms with Gasteiger partial charge in [-0.3, -0.25) is 0 Å². The van der Waals surface area contributed by atoms with Gasteiger partial charge < -0.3 is 9.30 Å². The molecule has 3 aromatic carbocycles. The fraction of sp³-hybridized carbons (Fsp3) is 0.130. The van der Waals surface area contributed by atoms with E-state index < -0.39 is 0 Å². The minimum absolute atomic E-state index is 0.141. The van der Waals surface area contributed by atoms with E-state index in [0.29, 0.717) is 6.54 Å². The number of ether oxygens (including phenoxy) is 1. The Labute approximate surface area is 150 Å². The van der Waals surface area contributed by atoms with Gasteiger partial charge >= 0.3 is 0 Å². The van der Waals surface area contributed by atoms with Gasteiger partial charge in [0.25, 0.3) is 0 Å². The van der Waals surface area contributed by atoms with E-state index in [4.69, 9.17) is 4.74 Å². The molecule has 0 saturated heterocycles. The quantitative estimate of drug-likeness (QED) is 0.391. The zero-order chi connectivity index (χ0) is 17.4. The van der Waals surface area contributed by atoms with Gasteiger partial charge in [0.15, 0.2) is 0 Å². The first-order valence-electron chi connectivity index (χ1n) is 8.85. The third-order valence-electron chi connectivity index (χ3n) is 5.83. The molecule has 4 aromatic rings. The zero-order valence-corrected chi connectivity index (χ0v) is 14.3. The minimum Gasteiger partial charge on any atom is -0.497 e. The van der Waals surface area contributed by atoms with E-state index in [2.05, 4.69) is 34.9 Å². The average molecular weight is 341 g/mol. The van der Waals surface area contributed by atoms with Crippen molar-refractivity contribution < 1.29 is 9.13 Å². The Morgan fingerprint density at radius 3 is 2.65 bits per heavy atom. The predicted octanol–water partition coefficient (Wildman–Crippen LogP) is 5.39. The summed E-state index contributed by atoms with van der Waals surface area (Å²) >= 11 is 0. The summed E-state index contributed by atoms with van der Waals surface area (Å²) in [7, 11) is 1.69. The molecule has 126 valence electrons. The average Bonchev–Trinajstić information content (AvgIpc) is 3.19. The van der Waals surface area contributed by atoms with Crippen molar-refractivity contribution in [1.29, 1.82) is 0 Å². The van der Waals surface area contributed by atoms with Crippen LogP contribution in [0.1, 0.15) is 16.7 Å². The number of aromatic nitrogens is 1. The molecular formula is C23H16FNO. The Kier molecular flexibility index (Phi) is 2.59. The molecule has 0 N–H and O–H groups in total. The normalized spacial score (nSPS) is 13.5. The van der Waals surface area contributed by atoms with Gasteiger partial charge in [0.1, 0.15) is 11.6 Å². The predicted molar refractivity (Wildman–Crippen MR) is 101 cm³/mol. The van der Waals surface area contributed by atoms with Crippen LogP contribution in [-0.4, -0.2) is 11.7 Å². The minimum atomic E-state index is -0.141. The highest BCUT2D eigenvalue weighted by Crippen LogP contribution is 2.49. The number of hydrogen-bond acceptors (Lipinski definition) is 1. The van der Waals surface area contributed by atoms with Crippen molar-refractivity contribution in [2.75, 3.05) is 7.11 Å². The molecule has 0 atom stereocenters. The van der Waals surface area contributed by atoms with E-state index >= 15 is 0 Å². The largest absolute Gasteiger partial charge is 0.497 e.